The molecule has 0 radical (unpaired) electrons. The van der Waals surface area contributed by atoms with Crippen LogP contribution in [0, 0.1) is 11.8 Å². The summed E-state index contributed by atoms with van der Waals surface area (Å²) in [5, 5.41) is 7.32. The molecule has 0 spiro atoms. The lowest BCUT2D eigenvalue weighted by atomic mass is 9.94. The quantitative estimate of drug-likeness (QED) is 0.131. The normalized spacial score (nSPS) is 22.4. The number of nitrogens with one attached hydrogen (secondary N) is 1. The van der Waals surface area contributed by atoms with Crippen LogP contribution in [0.2, 0.25) is 30.1 Å². The van der Waals surface area contributed by atoms with Crippen LogP contribution in [-0.4, -0.2) is 120 Å². The molecule has 1 N–H and O–H groups in total. The van der Waals surface area contributed by atoms with Crippen molar-refractivity contribution >= 4 is 111 Å². The van der Waals surface area contributed by atoms with E-state index in [1.807, 2.05) is 54.6 Å². The molecule has 4 aliphatic heterocycles. The molecule has 6 fully saturated rings. The highest BCUT2D eigenvalue weighted by atomic mass is 35.7. The zero-order valence-electron chi connectivity index (χ0n) is 39.9. The number of hydrogen-bond acceptors (Lipinski definition) is 9. The van der Waals surface area contributed by atoms with E-state index in [-0.39, 0.29) is 22.6 Å². The topological polar surface area (TPSA) is 96.5 Å². The first kappa shape index (κ1) is 55.5. The summed E-state index contributed by atoms with van der Waals surface area (Å²) >= 11 is 37.8. The molecule has 2 atom stereocenters. The number of hydrogen-bond donors (Lipinski definition) is 1. The van der Waals surface area contributed by atoms with Gasteiger partial charge in [0.2, 0.25) is 19.1 Å². The third-order valence-electron chi connectivity index (χ3n) is 14.8. The first-order valence-corrected chi connectivity index (χ1v) is 31.2. The smallest absolute Gasteiger partial charge is 0.235 e. The Labute approximate surface area is 456 Å². The molecule has 6 aliphatic rings. The van der Waals surface area contributed by atoms with E-state index in [1.165, 1.54) is 43.5 Å². The molecule has 4 saturated heterocycles. The molecular weight excluding hydrogens is 1080 g/mol. The van der Waals surface area contributed by atoms with Gasteiger partial charge in [-0.2, -0.15) is 0 Å². The Morgan fingerprint density at radius 1 is 0.479 bits per heavy atom. The zero-order valence-corrected chi connectivity index (χ0v) is 46.9. The second-order valence-corrected chi connectivity index (χ2v) is 27.5. The Morgan fingerprint density at radius 2 is 0.887 bits per heavy atom. The van der Waals surface area contributed by atoms with Crippen LogP contribution in [0.25, 0.3) is 0 Å². The summed E-state index contributed by atoms with van der Waals surface area (Å²) in [5.41, 5.74) is 4.53. The van der Waals surface area contributed by atoms with E-state index in [9.17, 15) is 16.8 Å². The van der Waals surface area contributed by atoms with Gasteiger partial charge in [-0.15, -0.1) is 0 Å². The van der Waals surface area contributed by atoms with Gasteiger partial charge in [-0.05, 0) is 174 Å². The van der Waals surface area contributed by atoms with Crippen molar-refractivity contribution < 1.29 is 16.8 Å². The van der Waals surface area contributed by atoms with Crippen molar-refractivity contribution in [1.82, 2.24) is 19.4 Å². The van der Waals surface area contributed by atoms with Crippen LogP contribution in [0.15, 0.2) is 84.9 Å². The minimum Gasteiger partial charge on any atom is -0.361 e. The van der Waals surface area contributed by atoms with Gasteiger partial charge >= 0.3 is 0 Å². The average Bonchev–Trinajstić information content (AvgIpc) is 4.28. The Morgan fingerprint density at radius 3 is 1.27 bits per heavy atom. The predicted molar refractivity (Wildman–Crippen MR) is 298 cm³/mol. The highest BCUT2D eigenvalue weighted by Gasteiger charge is 2.41. The first-order valence-electron chi connectivity index (χ1n) is 25.0. The minimum absolute atomic E-state index is 0.103. The van der Waals surface area contributed by atoms with Crippen LogP contribution < -0.4 is 15.1 Å². The van der Waals surface area contributed by atoms with Crippen LogP contribution in [0.3, 0.4) is 0 Å². The summed E-state index contributed by atoms with van der Waals surface area (Å²) < 4.78 is 47.1. The number of benzene rings is 4. The van der Waals surface area contributed by atoms with Gasteiger partial charge in [0.25, 0.3) is 0 Å². The van der Waals surface area contributed by atoms with Gasteiger partial charge in [0.05, 0.1) is 44.0 Å². The maximum atomic E-state index is 12.5. The van der Waals surface area contributed by atoms with Crippen molar-refractivity contribution in [2.75, 3.05) is 88.3 Å². The van der Waals surface area contributed by atoms with Gasteiger partial charge in [0.15, 0.2) is 0 Å². The lowest BCUT2D eigenvalue weighted by Crippen LogP contribution is -2.49. The number of sulfonamides is 1. The Kier molecular flexibility index (Phi) is 19.8. The van der Waals surface area contributed by atoms with Gasteiger partial charge in [0, 0.05) is 83.1 Å². The highest BCUT2D eigenvalue weighted by Crippen LogP contribution is 2.40. The zero-order chi connectivity index (χ0) is 50.3. The second-order valence-electron chi connectivity index (χ2n) is 19.8. The molecule has 2 unspecified atom stereocenters. The summed E-state index contributed by atoms with van der Waals surface area (Å²) in [6.45, 7) is 11.6. The molecule has 19 heteroatoms. The third kappa shape index (κ3) is 15.7. The molecule has 2 aliphatic carbocycles. The van der Waals surface area contributed by atoms with Gasteiger partial charge < -0.3 is 15.1 Å². The van der Waals surface area contributed by atoms with Gasteiger partial charge in [-0.1, -0.05) is 93.9 Å². The monoisotopic (exact) mass is 1150 g/mol. The fourth-order valence-corrected chi connectivity index (χ4v) is 14.7. The van der Waals surface area contributed by atoms with Crippen LogP contribution in [0.5, 0.6) is 0 Å². The molecule has 4 aromatic rings. The lowest BCUT2D eigenvalue weighted by molar-refractivity contribution is 0.188. The van der Waals surface area contributed by atoms with Crippen molar-refractivity contribution in [2.24, 2.45) is 11.8 Å². The van der Waals surface area contributed by atoms with E-state index in [1.54, 1.807) is 10.4 Å². The molecule has 0 amide bonds. The molecule has 4 heterocycles. The summed E-state index contributed by atoms with van der Waals surface area (Å²) in [5.74, 6) is 1.44. The Balaban J connectivity index is 0.000000169. The fourth-order valence-electron chi connectivity index (χ4n) is 10.3. The van der Waals surface area contributed by atoms with E-state index in [2.05, 4.69) is 49.2 Å². The summed E-state index contributed by atoms with van der Waals surface area (Å²) in [6, 6.07) is 28.2. The lowest BCUT2D eigenvalue weighted by Gasteiger charge is -2.44. The van der Waals surface area contributed by atoms with E-state index in [0.29, 0.717) is 39.1 Å². The predicted octanol–water partition coefficient (Wildman–Crippen LogP) is 12.7. The Hall–Kier alpha value is -1.75. The van der Waals surface area contributed by atoms with Crippen molar-refractivity contribution in [3.63, 3.8) is 0 Å². The molecule has 10 nitrogen and oxygen atoms in total. The Bertz CT molecular complexity index is 2600. The fraction of sp³-hybridized carbons (Fsp3) is 0.538. The van der Waals surface area contributed by atoms with Crippen LogP contribution in [-0.2, 0) is 19.1 Å². The summed E-state index contributed by atoms with van der Waals surface area (Å²) in [6.07, 6.45) is 10.1. The molecule has 10 rings (SSSR count). The number of piperazine rings is 2. The summed E-state index contributed by atoms with van der Waals surface area (Å²) in [7, 11) is -1.29. The SMILES string of the molecule is Clc1ccc(C2CN(CCC3CCNCC3)CCN2c2ccc(Cl)cc2Cl)cc1.O=S(=O)(C1CC1)N1CCC(CCN2CCN(c3ccc(Cl)cc3Cl)C(c3ccc(Cl)cc3)C2)CC1.O=S(=O)(Cl)C1CC1. The van der Waals surface area contributed by atoms with Crippen molar-refractivity contribution in [1.29, 1.82) is 0 Å². The largest absolute Gasteiger partial charge is 0.361 e. The van der Waals surface area contributed by atoms with Crippen molar-refractivity contribution in [3.05, 3.63) is 126 Å². The standard InChI is InChI=1S/C26H32Cl3N3O2S.C23H28Cl3N3.C3H5ClO2S/c27-21-3-1-20(2-4-21)26-18-30(15-16-32(26)25-8-5-22(28)17-24(25)29)12-9-19-10-13-31(14-11-19)35(33,34)23-6-7-23;24-19-3-1-18(2-4-19)23-16-28(12-9-17-7-10-27-11-8-17)13-14-29(23)22-6-5-20(25)15-21(22)26;4-7(5,6)3-1-2-3/h1-5,8,17,19,23,26H,6-7,9-16,18H2;1-6,15,17,23,27H,7-14,16H2;3H,1-2H2. The molecule has 2 saturated carbocycles. The van der Waals surface area contributed by atoms with Crippen LogP contribution in [0.4, 0.5) is 11.4 Å². The van der Waals surface area contributed by atoms with Crippen molar-refractivity contribution in [3.8, 4) is 0 Å². The van der Waals surface area contributed by atoms with E-state index in [4.69, 9.17) is 80.3 Å². The minimum atomic E-state index is -3.16. The van der Waals surface area contributed by atoms with E-state index >= 15 is 0 Å². The number of piperidine rings is 2. The first-order chi connectivity index (χ1) is 34.0. The number of anilines is 2. The summed E-state index contributed by atoms with van der Waals surface area (Å²) in [4.78, 5) is 9.94. The van der Waals surface area contributed by atoms with Gasteiger partial charge in [-0.25, -0.2) is 21.1 Å². The van der Waals surface area contributed by atoms with Crippen molar-refractivity contribution in [2.45, 2.75) is 86.8 Å². The third-order valence-corrected chi connectivity index (χ3v) is 20.8. The maximum Gasteiger partial charge on any atom is 0.235 e. The van der Waals surface area contributed by atoms with Crippen LogP contribution in [0.1, 0.15) is 87.4 Å². The van der Waals surface area contributed by atoms with Gasteiger partial charge in [-0.3, -0.25) is 9.80 Å². The average molecular weight is 1150 g/mol. The number of nitrogens with zero attached hydrogens (tertiary/aromatic N) is 5. The highest BCUT2D eigenvalue weighted by molar-refractivity contribution is 8.14. The molecule has 0 aromatic heterocycles. The molecule has 71 heavy (non-hydrogen) atoms. The number of halogens is 7. The molecule has 388 valence electrons. The maximum absolute atomic E-state index is 12.5. The molecular formula is C52H65Cl7N6O4S2. The van der Waals surface area contributed by atoms with E-state index in [0.717, 1.165) is 125 Å². The van der Waals surface area contributed by atoms with E-state index < -0.39 is 19.1 Å². The van der Waals surface area contributed by atoms with Gasteiger partial charge in [0.1, 0.15) is 0 Å². The molecule has 4 aromatic carbocycles. The van der Waals surface area contributed by atoms with Crippen LogP contribution >= 0.6 is 80.3 Å². The number of rotatable bonds is 13. The second kappa shape index (κ2) is 25.4. The molecule has 0 bridgehead atoms.